The highest BCUT2D eigenvalue weighted by molar-refractivity contribution is 9.10. The first-order valence-electron chi connectivity index (χ1n) is 39.9. The summed E-state index contributed by atoms with van der Waals surface area (Å²) in [4.78, 5) is 42.4. The largest absolute Gasteiger partial charge is 0.388 e. The summed E-state index contributed by atoms with van der Waals surface area (Å²) >= 11 is 3.04. The van der Waals surface area contributed by atoms with Gasteiger partial charge in [-0.05, 0) is 197 Å². The number of alkyl halides is 4. The van der Waals surface area contributed by atoms with Crippen molar-refractivity contribution in [1.82, 2.24) is 0 Å². The highest BCUT2D eigenvalue weighted by Gasteiger charge is 2.44. The smallest absolute Gasteiger partial charge is 0.277 e. The standard InChI is InChI=1S/C20H15F2N3O.C19H11F6N3.C19H13F2N3O2.C19H11F2N3O2.C17H10BrF2N3O.C4H8/c1-11(2)14-3-4-17(16(10-24)19(14)22)25-6-5-18(26)15-8-13(21)7-12(9-23)20(15)25;1-18(22,23)13-2-3-15(12(9-27)16(13)21)28-5-4-19(24,25)14-7-11(20)6-10(8-26)17(14)28;2*1-10(25)13-2-3-16(15(9-23)18(13)21)24-5-4-17(26)14-7-12(20)6-11(8-22)19(14)24;18-13-1-2-14(12(8-22)16(13)20)23-4-3-15(24)11-6-10(19)5-9(7-21)17(11)23;1-4(2)3/h3-4,7-8,18,26H,1,5-6H2,2H3;2-3,6-7H,4-5H2,1H3;2-3,6-7,17,26H,4-5H2,1H3;2-3,6-7H,4-5H2,1H3;1-2,5-6,15,24H,3-4H2;1H2,2-3H3. The van der Waals surface area contributed by atoms with Crippen molar-refractivity contribution in [2.45, 2.75) is 104 Å². The molecule has 10 aromatic rings. The Bertz CT molecular complexity index is 6870. The third-order valence-electron chi connectivity index (χ3n) is 21.5. The number of ketones is 3. The van der Waals surface area contributed by atoms with E-state index < -0.39 is 135 Å². The zero-order chi connectivity index (χ0) is 98.9. The van der Waals surface area contributed by atoms with Crippen molar-refractivity contribution in [3.05, 3.63) is 308 Å². The van der Waals surface area contributed by atoms with Crippen molar-refractivity contribution >= 4 is 95.7 Å². The maximum atomic E-state index is 14.8. The maximum Gasteiger partial charge on any atom is 0.277 e. The second-order valence-corrected chi connectivity index (χ2v) is 31.7. The number of carbonyl (C=O) groups excluding carboxylic acids is 3. The van der Waals surface area contributed by atoms with Gasteiger partial charge in [0.05, 0.1) is 124 Å². The molecular formula is C98H68BrF14N15O6. The van der Waals surface area contributed by atoms with Crippen LogP contribution in [0.2, 0.25) is 0 Å². The Hall–Kier alpha value is -16.0. The zero-order valence-corrected chi connectivity index (χ0v) is 72.8. The number of hydrogen-bond donors (Lipinski definition) is 3. The van der Waals surface area contributed by atoms with Crippen LogP contribution in [0.5, 0.6) is 0 Å². The molecule has 676 valence electrons. The Balaban J connectivity index is 0.000000172. The van der Waals surface area contributed by atoms with Crippen molar-refractivity contribution in [3.63, 3.8) is 0 Å². The van der Waals surface area contributed by atoms with Crippen LogP contribution in [0.1, 0.15) is 212 Å². The van der Waals surface area contributed by atoms with Crippen molar-refractivity contribution in [2.24, 2.45) is 0 Å². The lowest BCUT2D eigenvalue weighted by Crippen LogP contribution is -2.34. The number of nitriles is 10. The third-order valence-corrected chi connectivity index (χ3v) is 22.1. The fourth-order valence-electron chi connectivity index (χ4n) is 15.6. The van der Waals surface area contributed by atoms with Crippen molar-refractivity contribution in [3.8, 4) is 60.7 Å². The van der Waals surface area contributed by atoms with Crippen molar-refractivity contribution in [2.75, 3.05) is 57.2 Å². The first-order valence-corrected chi connectivity index (χ1v) is 40.6. The Labute approximate surface area is 765 Å². The van der Waals surface area contributed by atoms with Crippen LogP contribution in [-0.2, 0) is 11.8 Å². The van der Waals surface area contributed by atoms with E-state index in [0.717, 1.165) is 71.6 Å². The maximum absolute atomic E-state index is 14.8. The number of halogens is 15. The van der Waals surface area contributed by atoms with Gasteiger partial charge >= 0.3 is 0 Å². The quantitative estimate of drug-likeness (QED) is 0.0686. The summed E-state index contributed by atoms with van der Waals surface area (Å²) in [6.45, 7) is 16.1. The van der Waals surface area contributed by atoms with Crippen LogP contribution in [0.15, 0.2) is 145 Å². The number of allylic oxidation sites excluding steroid dienone is 2. The van der Waals surface area contributed by atoms with Gasteiger partial charge in [-0.1, -0.05) is 12.2 Å². The number of Topliss-reactive ketones (excluding diaryl/α,β-unsaturated/α-hetero) is 3. The van der Waals surface area contributed by atoms with E-state index in [2.05, 4.69) is 29.1 Å². The Morgan fingerprint density at radius 3 is 1.05 bits per heavy atom. The fraction of sp³-hybridized carbons (Fsp3) is 0.214. The molecule has 3 unspecified atom stereocenters. The molecule has 0 spiro atoms. The van der Waals surface area contributed by atoms with Crippen LogP contribution in [-0.4, -0.2) is 65.4 Å². The highest BCUT2D eigenvalue weighted by atomic mass is 79.9. The van der Waals surface area contributed by atoms with Gasteiger partial charge in [0.1, 0.15) is 118 Å². The Morgan fingerprint density at radius 2 is 0.701 bits per heavy atom. The predicted octanol–water partition coefficient (Wildman–Crippen LogP) is 22.5. The van der Waals surface area contributed by atoms with Gasteiger partial charge in [0.25, 0.3) is 11.8 Å². The molecule has 3 N–H and O–H groups in total. The monoisotopic (exact) mass is 1900 g/mol. The molecule has 21 nitrogen and oxygen atoms in total. The van der Waals surface area contributed by atoms with Crippen LogP contribution in [0.3, 0.4) is 0 Å². The molecule has 5 aliphatic rings. The lowest BCUT2D eigenvalue weighted by Gasteiger charge is -2.36. The fourth-order valence-corrected chi connectivity index (χ4v) is 15.9. The molecule has 0 radical (unpaired) electrons. The van der Waals surface area contributed by atoms with Gasteiger partial charge in [-0.25, -0.2) is 61.5 Å². The Kier molecular flexibility index (Phi) is 30.9. The number of nitrogens with zero attached hydrogens (tertiary/aromatic N) is 15. The topological polar surface area (TPSA) is 366 Å². The van der Waals surface area contributed by atoms with Crippen LogP contribution in [0, 0.1) is 171 Å². The number of aliphatic hydroxyl groups excluding tert-OH is 3. The van der Waals surface area contributed by atoms with Crippen LogP contribution >= 0.6 is 15.9 Å². The van der Waals surface area contributed by atoms with E-state index in [1.165, 1.54) is 71.7 Å². The van der Waals surface area contributed by atoms with E-state index in [-0.39, 0.29) is 191 Å². The first kappa shape index (κ1) is 100. The molecular weight excluding hydrogens is 1830 g/mol. The van der Waals surface area contributed by atoms with E-state index in [9.17, 15) is 144 Å². The SMILES string of the molecule is C=C(C)C.C=C(C)c1ccc(N2CCC(O)c3cc(F)cc(C#N)c32)c(C#N)c1F.CC(=O)c1ccc(N2CCC(=O)c3cc(F)cc(C#N)c32)c(C#N)c1F.CC(=O)c1ccc(N2CCC(O)c3cc(F)cc(C#N)c32)c(C#N)c1F.CC(F)(F)c1ccc(N2CCC(F)(F)c3cc(F)cc(C#N)c32)c(C#N)c1F.N#Cc1cc(F)cc2c1N(c1ccc(Br)c(F)c1C#N)CCC2O. The average molecular weight is 1900 g/mol. The van der Waals surface area contributed by atoms with Gasteiger partial charge in [0.2, 0.25) is 0 Å². The number of aliphatic hydroxyl groups is 3. The highest BCUT2D eigenvalue weighted by Crippen LogP contribution is 2.52. The number of fused-ring (bicyclic) bond motifs is 5. The van der Waals surface area contributed by atoms with E-state index in [4.69, 9.17) is 0 Å². The average Bonchev–Trinajstić information content (AvgIpc) is 0.744. The molecule has 0 amide bonds. The van der Waals surface area contributed by atoms with Crippen LogP contribution in [0.4, 0.5) is 118 Å². The number of hydrogen-bond acceptors (Lipinski definition) is 21. The van der Waals surface area contributed by atoms with Gasteiger partial charge in [-0.3, -0.25) is 14.4 Å². The van der Waals surface area contributed by atoms with E-state index >= 15 is 0 Å². The normalized spacial score (nSPS) is 15.0. The molecule has 0 bridgehead atoms. The van der Waals surface area contributed by atoms with Crippen LogP contribution < -0.4 is 24.5 Å². The molecule has 0 saturated carbocycles. The summed E-state index contributed by atoms with van der Waals surface area (Å²) in [6.07, 6.45) is -2.88. The minimum absolute atomic E-state index is 0.00717. The van der Waals surface area contributed by atoms with Gasteiger partial charge < -0.3 is 39.8 Å². The van der Waals surface area contributed by atoms with Crippen molar-refractivity contribution < 1.29 is 91.2 Å². The summed E-state index contributed by atoms with van der Waals surface area (Å²) in [5.74, 6) is -16.9. The summed E-state index contributed by atoms with van der Waals surface area (Å²) in [6, 6.07) is 40.9. The molecule has 134 heavy (non-hydrogen) atoms. The van der Waals surface area contributed by atoms with Crippen molar-refractivity contribution in [1.29, 1.82) is 52.6 Å². The van der Waals surface area contributed by atoms with Gasteiger partial charge in [0.15, 0.2) is 46.4 Å². The summed E-state index contributed by atoms with van der Waals surface area (Å²) < 4.78 is 197. The molecule has 5 aliphatic heterocycles. The second kappa shape index (κ2) is 41.4. The summed E-state index contributed by atoms with van der Waals surface area (Å²) in [5.41, 5.74) is -0.840. The second-order valence-electron chi connectivity index (χ2n) is 30.8. The Morgan fingerprint density at radius 1 is 0.403 bits per heavy atom. The minimum Gasteiger partial charge on any atom is -0.388 e. The molecule has 0 aliphatic carbocycles. The van der Waals surface area contributed by atoms with E-state index in [1.807, 2.05) is 50.3 Å². The van der Waals surface area contributed by atoms with Crippen LogP contribution in [0.25, 0.3) is 5.57 Å². The number of anilines is 10. The van der Waals surface area contributed by atoms with Gasteiger partial charge in [-0.2, -0.15) is 52.6 Å². The predicted molar refractivity (Wildman–Crippen MR) is 465 cm³/mol. The lowest BCUT2D eigenvalue weighted by molar-refractivity contribution is -0.0145. The molecule has 0 fully saturated rings. The van der Waals surface area contributed by atoms with E-state index in [1.54, 1.807) is 47.1 Å². The molecule has 36 heteroatoms. The van der Waals surface area contributed by atoms with Gasteiger partial charge in [0, 0.05) is 85.9 Å². The summed E-state index contributed by atoms with van der Waals surface area (Å²) in [5, 5.41) is 124. The minimum atomic E-state index is -3.57. The lowest BCUT2D eigenvalue weighted by atomic mass is 9.93. The van der Waals surface area contributed by atoms with E-state index in [0.29, 0.717) is 29.9 Å². The van der Waals surface area contributed by atoms with Gasteiger partial charge in [-0.15, -0.1) is 6.58 Å². The third kappa shape index (κ3) is 20.3. The zero-order valence-electron chi connectivity index (χ0n) is 71.2. The first-order chi connectivity index (χ1) is 63.4. The molecule has 0 saturated heterocycles. The molecule has 10 aromatic carbocycles. The molecule has 5 heterocycles. The molecule has 0 aromatic heterocycles. The number of benzene rings is 10. The molecule has 15 rings (SSSR count). The molecule has 3 atom stereocenters. The number of rotatable bonds is 9. The summed E-state index contributed by atoms with van der Waals surface area (Å²) in [7, 11) is 0. The number of carbonyl (C=O) groups is 3.